The monoisotopic (exact) mass is 290 g/mol. The van der Waals surface area contributed by atoms with Gasteiger partial charge in [-0.2, -0.15) is 0 Å². The molecule has 0 radical (unpaired) electrons. The second-order valence-corrected chi connectivity index (χ2v) is 6.05. The first-order chi connectivity index (χ1) is 10.3. The van der Waals surface area contributed by atoms with E-state index in [0.717, 1.165) is 44.9 Å². The zero-order chi connectivity index (χ0) is 14.9. The van der Waals surface area contributed by atoms with E-state index in [1.807, 2.05) is 12.3 Å². The summed E-state index contributed by atoms with van der Waals surface area (Å²) in [5, 5.41) is 12.3. The topological polar surface area (TPSA) is 62.2 Å². The Morgan fingerprint density at radius 3 is 3.05 bits per heavy atom. The lowest BCUT2D eigenvalue weighted by atomic mass is 9.86. The summed E-state index contributed by atoms with van der Waals surface area (Å²) in [4.78, 5) is 16.0. The summed E-state index contributed by atoms with van der Waals surface area (Å²) in [6.45, 7) is 0.248. The van der Waals surface area contributed by atoms with Crippen molar-refractivity contribution in [1.29, 1.82) is 0 Å². The van der Waals surface area contributed by atoms with Gasteiger partial charge in [-0.1, -0.05) is 12.5 Å². The molecule has 1 amide bonds. The van der Waals surface area contributed by atoms with Gasteiger partial charge in [0.15, 0.2) is 0 Å². The standard InChI is InChI=1S/C17H26N2O2/c20-13-15-6-3-8-16(11-15)19-17(21)9-2-1-5-14-7-4-10-18-12-14/h4,7,10,12,15-16,20H,1-3,5-6,8-9,11,13H2,(H,19,21)/t15-,16-/m1/s1. The first-order valence-corrected chi connectivity index (χ1v) is 8.07. The fraction of sp³-hybridized carbons (Fsp3) is 0.647. The zero-order valence-electron chi connectivity index (χ0n) is 12.6. The van der Waals surface area contributed by atoms with E-state index in [-0.39, 0.29) is 18.6 Å². The van der Waals surface area contributed by atoms with E-state index in [9.17, 15) is 9.90 Å². The van der Waals surface area contributed by atoms with Gasteiger partial charge < -0.3 is 10.4 Å². The van der Waals surface area contributed by atoms with Crippen LogP contribution in [0.1, 0.15) is 50.5 Å². The fourth-order valence-electron chi connectivity index (χ4n) is 3.05. The van der Waals surface area contributed by atoms with Crippen molar-refractivity contribution >= 4 is 5.91 Å². The quantitative estimate of drug-likeness (QED) is 0.758. The molecule has 116 valence electrons. The molecule has 4 heteroatoms. The Morgan fingerprint density at radius 2 is 2.29 bits per heavy atom. The SMILES string of the molecule is O=C(CCCCc1cccnc1)N[C@@H]1CCC[C@@H](CO)C1. The summed E-state index contributed by atoms with van der Waals surface area (Å²) in [5.74, 6) is 0.527. The fourth-order valence-corrected chi connectivity index (χ4v) is 3.05. The third-order valence-corrected chi connectivity index (χ3v) is 4.25. The number of pyridine rings is 1. The molecule has 21 heavy (non-hydrogen) atoms. The number of nitrogens with one attached hydrogen (secondary N) is 1. The number of rotatable bonds is 7. The number of carbonyl (C=O) groups excluding carboxylic acids is 1. The molecule has 1 fully saturated rings. The maximum Gasteiger partial charge on any atom is 0.220 e. The van der Waals surface area contributed by atoms with Crippen LogP contribution in [0.25, 0.3) is 0 Å². The summed E-state index contributed by atoms with van der Waals surface area (Å²) < 4.78 is 0. The Balaban J connectivity index is 1.59. The van der Waals surface area contributed by atoms with E-state index in [4.69, 9.17) is 0 Å². The molecule has 4 nitrogen and oxygen atoms in total. The number of aliphatic hydroxyl groups is 1. The Labute approximate surface area is 127 Å². The van der Waals surface area contributed by atoms with E-state index >= 15 is 0 Å². The maximum atomic E-state index is 11.9. The van der Waals surface area contributed by atoms with Crippen molar-refractivity contribution in [3.05, 3.63) is 30.1 Å². The molecule has 0 unspecified atom stereocenters. The van der Waals surface area contributed by atoms with Gasteiger partial charge in [0.05, 0.1) is 0 Å². The number of amides is 1. The van der Waals surface area contributed by atoms with Crippen LogP contribution in [-0.4, -0.2) is 28.6 Å². The van der Waals surface area contributed by atoms with E-state index < -0.39 is 0 Å². The van der Waals surface area contributed by atoms with Gasteiger partial charge in [0.1, 0.15) is 0 Å². The summed E-state index contributed by atoms with van der Waals surface area (Å²) >= 11 is 0. The van der Waals surface area contributed by atoms with Crippen LogP contribution in [-0.2, 0) is 11.2 Å². The number of aliphatic hydroxyl groups excluding tert-OH is 1. The summed E-state index contributed by atoms with van der Waals surface area (Å²) in [7, 11) is 0. The average Bonchev–Trinajstić information content (AvgIpc) is 2.53. The highest BCUT2D eigenvalue weighted by atomic mass is 16.3. The second-order valence-electron chi connectivity index (χ2n) is 6.05. The van der Waals surface area contributed by atoms with E-state index in [1.165, 1.54) is 5.56 Å². The summed E-state index contributed by atoms with van der Waals surface area (Å²) in [6, 6.07) is 4.29. The Kier molecular flexibility index (Phi) is 6.67. The Hall–Kier alpha value is -1.42. The van der Waals surface area contributed by atoms with Crippen molar-refractivity contribution in [3.63, 3.8) is 0 Å². The number of aryl methyl sites for hydroxylation is 1. The van der Waals surface area contributed by atoms with Crippen molar-refractivity contribution in [2.75, 3.05) is 6.61 Å². The smallest absolute Gasteiger partial charge is 0.220 e. The van der Waals surface area contributed by atoms with Crippen LogP contribution in [0.5, 0.6) is 0 Å². The van der Waals surface area contributed by atoms with Crippen molar-refractivity contribution < 1.29 is 9.90 Å². The molecular formula is C17H26N2O2. The lowest BCUT2D eigenvalue weighted by molar-refractivity contribution is -0.122. The highest BCUT2D eigenvalue weighted by Gasteiger charge is 2.22. The molecule has 0 saturated heterocycles. The second kappa shape index (κ2) is 8.78. The van der Waals surface area contributed by atoms with Gasteiger partial charge in [-0.25, -0.2) is 0 Å². The van der Waals surface area contributed by atoms with Gasteiger partial charge in [-0.15, -0.1) is 0 Å². The van der Waals surface area contributed by atoms with Crippen molar-refractivity contribution in [3.8, 4) is 0 Å². The molecule has 2 atom stereocenters. The van der Waals surface area contributed by atoms with Gasteiger partial charge in [-0.05, 0) is 56.1 Å². The third kappa shape index (κ3) is 5.84. The maximum absolute atomic E-state index is 11.9. The lowest BCUT2D eigenvalue weighted by Gasteiger charge is -2.28. The molecule has 1 aliphatic carbocycles. The third-order valence-electron chi connectivity index (χ3n) is 4.25. The molecule has 1 heterocycles. The molecule has 2 N–H and O–H groups in total. The number of hydrogen-bond acceptors (Lipinski definition) is 3. The first-order valence-electron chi connectivity index (χ1n) is 8.07. The molecule has 0 spiro atoms. The van der Waals surface area contributed by atoms with Crippen LogP contribution in [0, 0.1) is 5.92 Å². The largest absolute Gasteiger partial charge is 0.396 e. The number of aromatic nitrogens is 1. The lowest BCUT2D eigenvalue weighted by Crippen LogP contribution is -2.38. The van der Waals surface area contributed by atoms with Crippen molar-refractivity contribution in [2.24, 2.45) is 5.92 Å². The highest BCUT2D eigenvalue weighted by Crippen LogP contribution is 2.23. The van der Waals surface area contributed by atoms with Gasteiger partial charge in [0.25, 0.3) is 0 Å². The molecule has 1 aliphatic rings. The molecule has 0 aliphatic heterocycles. The van der Waals surface area contributed by atoms with Crippen LogP contribution >= 0.6 is 0 Å². The summed E-state index contributed by atoms with van der Waals surface area (Å²) in [5.41, 5.74) is 1.23. The predicted molar refractivity (Wildman–Crippen MR) is 82.8 cm³/mol. The molecular weight excluding hydrogens is 264 g/mol. The Morgan fingerprint density at radius 1 is 1.38 bits per heavy atom. The number of carbonyl (C=O) groups is 1. The molecule has 1 saturated carbocycles. The number of unbranched alkanes of at least 4 members (excludes halogenated alkanes) is 1. The molecule has 0 bridgehead atoms. The predicted octanol–water partition coefficient (Wildman–Crippen LogP) is 2.46. The highest BCUT2D eigenvalue weighted by molar-refractivity contribution is 5.76. The van der Waals surface area contributed by atoms with Gasteiger partial charge in [0, 0.05) is 31.5 Å². The first kappa shape index (κ1) is 16.0. The minimum Gasteiger partial charge on any atom is -0.396 e. The van der Waals surface area contributed by atoms with Crippen LogP contribution in [0.15, 0.2) is 24.5 Å². The van der Waals surface area contributed by atoms with E-state index in [0.29, 0.717) is 12.3 Å². The molecule has 1 aromatic heterocycles. The van der Waals surface area contributed by atoms with Gasteiger partial charge in [0.2, 0.25) is 5.91 Å². The zero-order valence-corrected chi connectivity index (χ0v) is 12.6. The minimum atomic E-state index is 0.157. The minimum absolute atomic E-state index is 0.157. The van der Waals surface area contributed by atoms with Crippen LogP contribution in [0.4, 0.5) is 0 Å². The molecule has 0 aromatic carbocycles. The van der Waals surface area contributed by atoms with Gasteiger partial charge >= 0.3 is 0 Å². The molecule has 1 aromatic rings. The van der Waals surface area contributed by atoms with Crippen molar-refractivity contribution in [1.82, 2.24) is 10.3 Å². The van der Waals surface area contributed by atoms with Crippen LogP contribution in [0.3, 0.4) is 0 Å². The van der Waals surface area contributed by atoms with Crippen molar-refractivity contribution in [2.45, 2.75) is 57.4 Å². The average molecular weight is 290 g/mol. The number of nitrogens with zero attached hydrogens (tertiary/aromatic N) is 1. The van der Waals surface area contributed by atoms with E-state index in [2.05, 4.69) is 16.4 Å². The van der Waals surface area contributed by atoms with E-state index in [1.54, 1.807) is 6.20 Å². The molecule has 2 rings (SSSR count). The normalized spacial score (nSPS) is 22.0. The number of hydrogen-bond donors (Lipinski definition) is 2. The Bertz CT molecular complexity index is 422. The van der Waals surface area contributed by atoms with Crippen LogP contribution < -0.4 is 5.32 Å². The van der Waals surface area contributed by atoms with Gasteiger partial charge in [-0.3, -0.25) is 9.78 Å². The van der Waals surface area contributed by atoms with Crippen LogP contribution in [0.2, 0.25) is 0 Å². The summed E-state index contributed by atoms with van der Waals surface area (Å²) in [6.07, 6.45) is 11.4.